The van der Waals surface area contributed by atoms with Gasteiger partial charge in [0.25, 0.3) is 5.95 Å². The van der Waals surface area contributed by atoms with Gasteiger partial charge in [-0.05, 0) is 128 Å². The van der Waals surface area contributed by atoms with Gasteiger partial charge in [-0.2, -0.15) is 10.1 Å². The van der Waals surface area contributed by atoms with Crippen LogP contribution in [-0.2, 0) is 14.2 Å². The Labute approximate surface area is 280 Å². The van der Waals surface area contributed by atoms with Gasteiger partial charge < -0.3 is 18.9 Å². The number of anilines is 2. The highest BCUT2D eigenvalue weighted by Gasteiger charge is 2.32. The number of amides is 1. The molecule has 0 saturated carbocycles. The number of fused-ring (bicyclic) bond motifs is 1. The normalized spacial score (nSPS) is 18.9. The molecular weight excluding hydrogens is 618 g/mol. The molecule has 1 amide bonds. The van der Waals surface area contributed by atoms with Gasteiger partial charge in [-0.15, -0.1) is 5.10 Å². The third kappa shape index (κ3) is 8.08. The molecule has 6 rings (SSSR count). The molecule has 2 fully saturated rings. The van der Waals surface area contributed by atoms with Crippen molar-refractivity contribution in [1.29, 1.82) is 0 Å². The summed E-state index contributed by atoms with van der Waals surface area (Å²) in [6, 6.07) is 13.9. The van der Waals surface area contributed by atoms with Gasteiger partial charge in [0, 0.05) is 30.2 Å². The van der Waals surface area contributed by atoms with Gasteiger partial charge in [-0.25, -0.2) is 19.1 Å². The van der Waals surface area contributed by atoms with Gasteiger partial charge in [0.1, 0.15) is 17.3 Å². The minimum atomic E-state index is -0.737. The minimum Gasteiger partial charge on any atom is -0.482 e. The first-order chi connectivity index (χ1) is 22.7. The fraction of sp³-hybridized carbons (Fsp3) is 0.529. The first-order valence-corrected chi connectivity index (χ1v) is 17.5. The summed E-state index contributed by atoms with van der Waals surface area (Å²) in [6.45, 7) is 11.1. The van der Waals surface area contributed by atoms with Crippen LogP contribution in [0.15, 0.2) is 48.7 Å². The maximum Gasteiger partial charge on any atom is 0.421 e. The Bertz CT molecular complexity index is 1640. The lowest BCUT2D eigenvalue weighted by Gasteiger charge is -2.26. The van der Waals surface area contributed by atoms with E-state index in [4.69, 9.17) is 29.0 Å². The lowest BCUT2D eigenvalue weighted by atomic mass is 10.1. The molecule has 4 heterocycles. The van der Waals surface area contributed by atoms with Crippen LogP contribution in [0.2, 0.25) is 0 Å². The Morgan fingerprint density at radius 1 is 1.02 bits per heavy atom. The molecule has 1 N–H and O–H groups in total. The molecule has 2 aliphatic heterocycles. The summed E-state index contributed by atoms with van der Waals surface area (Å²) in [7, 11) is 0. The highest BCUT2D eigenvalue weighted by Crippen LogP contribution is 2.35. The fourth-order valence-corrected chi connectivity index (χ4v) is 6.25. The lowest BCUT2D eigenvalue weighted by molar-refractivity contribution is -0.0384. The molecule has 2 unspecified atom stereocenters. The number of hydrogen-bond acceptors (Lipinski definition) is 10. The second kappa shape index (κ2) is 14.6. The summed E-state index contributed by atoms with van der Waals surface area (Å²) < 4.78 is 30.9. The Morgan fingerprint density at radius 3 is 2.36 bits per heavy atom. The molecule has 0 bridgehead atoms. The van der Waals surface area contributed by atoms with E-state index >= 15 is 0 Å². The average Bonchev–Trinajstić information content (AvgIpc) is 3.68. The smallest absolute Gasteiger partial charge is 0.421 e. The minimum absolute atomic E-state index is 0.100. The molecule has 2 aromatic heterocycles. The summed E-state index contributed by atoms with van der Waals surface area (Å²) >= 11 is 1.52. The van der Waals surface area contributed by atoms with Gasteiger partial charge in [0.2, 0.25) is 0 Å². The van der Waals surface area contributed by atoms with E-state index in [0.29, 0.717) is 30.1 Å². The number of benzene rings is 2. The molecule has 0 radical (unpaired) electrons. The van der Waals surface area contributed by atoms with E-state index in [0.717, 1.165) is 67.3 Å². The summed E-state index contributed by atoms with van der Waals surface area (Å²) in [5, 5.41) is 10.4. The number of nitrogens with zero attached hydrogens (tertiary/aromatic N) is 6. The molecule has 0 aliphatic carbocycles. The van der Waals surface area contributed by atoms with Crippen molar-refractivity contribution in [3.05, 3.63) is 48.7 Å². The summed E-state index contributed by atoms with van der Waals surface area (Å²) in [5.74, 6) is 2.01. The highest BCUT2D eigenvalue weighted by atomic mass is 32.2. The second-order valence-corrected chi connectivity index (χ2v) is 13.9. The van der Waals surface area contributed by atoms with Crippen molar-refractivity contribution in [2.45, 2.75) is 97.2 Å². The van der Waals surface area contributed by atoms with Crippen molar-refractivity contribution < 1.29 is 23.7 Å². The summed E-state index contributed by atoms with van der Waals surface area (Å²) in [6.07, 6.45) is 6.68. The van der Waals surface area contributed by atoms with Crippen LogP contribution in [0.4, 0.5) is 16.4 Å². The number of nitrogens with one attached hydrogen (secondary N) is 1. The average molecular weight is 664 g/mol. The third-order valence-corrected chi connectivity index (χ3v) is 8.68. The Morgan fingerprint density at radius 2 is 1.72 bits per heavy atom. The SMILES string of the molecule is CC(C)NSCOc1ccc(-c2nc(N(C(=O)OC(C)(C)C)c3ccc4c(cnn4C4CCCCO4)c3)nn2C2CCCCO2)cc1. The van der Waals surface area contributed by atoms with Crippen LogP contribution >= 0.6 is 11.9 Å². The summed E-state index contributed by atoms with van der Waals surface area (Å²) in [4.78, 5) is 20.3. The van der Waals surface area contributed by atoms with Crippen LogP contribution < -0.4 is 14.4 Å². The molecule has 47 heavy (non-hydrogen) atoms. The molecule has 0 spiro atoms. The maximum atomic E-state index is 13.9. The number of rotatable bonds is 10. The number of ether oxygens (including phenoxy) is 4. The van der Waals surface area contributed by atoms with E-state index in [2.05, 4.69) is 23.7 Å². The van der Waals surface area contributed by atoms with Gasteiger partial charge in [0.15, 0.2) is 18.3 Å². The van der Waals surface area contributed by atoms with Crippen LogP contribution in [0.25, 0.3) is 22.3 Å². The van der Waals surface area contributed by atoms with Crippen LogP contribution in [0.3, 0.4) is 0 Å². The molecule has 2 aliphatic rings. The topological polar surface area (TPSA) is 118 Å². The van der Waals surface area contributed by atoms with Gasteiger partial charge >= 0.3 is 6.09 Å². The van der Waals surface area contributed by atoms with E-state index in [-0.39, 0.29) is 18.4 Å². The first kappa shape index (κ1) is 33.3. The molecule has 2 aromatic carbocycles. The second-order valence-electron chi connectivity index (χ2n) is 13.2. The van der Waals surface area contributed by atoms with E-state index < -0.39 is 11.7 Å². The third-order valence-electron chi connectivity index (χ3n) is 7.81. The number of aromatic nitrogens is 5. The zero-order chi connectivity index (χ0) is 33.0. The van der Waals surface area contributed by atoms with Gasteiger partial charge in [-0.3, -0.25) is 4.72 Å². The Hall–Kier alpha value is -3.65. The van der Waals surface area contributed by atoms with Crippen LogP contribution in [0.5, 0.6) is 5.75 Å². The number of carbonyl (C=O) groups is 1. The van der Waals surface area contributed by atoms with Crippen molar-refractivity contribution in [3.8, 4) is 17.1 Å². The largest absolute Gasteiger partial charge is 0.482 e. The summed E-state index contributed by atoms with van der Waals surface area (Å²) in [5.41, 5.74) is 1.59. The first-order valence-electron chi connectivity index (χ1n) is 16.5. The maximum absolute atomic E-state index is 13.9. The van der Waals surface area contributed by atoms with E-state index in [1.54, 1.807) is 10.9 Å². The number of hydrogen-bond donors (Lipinski definition) is 1. The van der Waals surface area contributed by atoms with Crippen molar-refractivity contribution in [2.24, 2.45) is 0 Å². The molecule has 4 aromatic rings. The lowest BCUT2D eigenvalue weighted by Crippen LogP contribution is -2.34. The molecule has 2 saturated heterocycles. The van der Waals surface area contributed by atoms with E-state index in [1.165, 1.54) is 16.8 Å². The van der Waals surface area contributed by atoms with Crippen LogP contribution in [0.1, 0.15) is 85.6 Å². The molecule has 13 heteroatoms. The zero-order valence-electron chi connectivity index (χ0n) is 27.8. The zero-order valence-corrected chi connectivity index (χ0v) is 28.7. The molecular formula is C34H45N7O5S. The Kier molecular flexibility index (Phi) is 10.4. The van der Waals surface area contributed by atoms with Crippen molar-refractivity contribution >= 4 is 40.6 Å². The molecule has 252 valence electrons. The predicted octanol–water partition coefficient (Wildman–Crippen LogP) is 7.75. The van der Waals surface area contributed by atoms with Crippen LogP contribution in [-0.4, -0.2) is 61.4 Å². The van der Waals surface area contributed by atoms with Crippen molar-refractivity contribution in [1.82, 2.24) is 29.3 Å². The molecule has 12 nitrogen and oxygen atoms in total. The van der Waals surface area contributed by atoms with Crippen molar-refractivity contribution in [3.63, 3.8) is 0 Å². The highest BCUT2D eigenvalue weighted by molar-refractivity contribution is 7.97. The monoisotopic (exact) mass is 663 g/mol. The van der Waals surface area contributed by atoms with Crippen LogP contribution in [0, 0.1) is 0 Å². The predicted molar refractivity (Wildman–Crippen MR) is 183 cm³/mol. The Balaban J connectivity index is 1.36. The van der Waals surface area contributed by atoms with E-state index in [9.17, 15) is 4.79 Å². The van der Waals surface area contributed by atoms with Gasteiger partial charge in [0.05, 0.1) is 17.4 Å². The fourth-order valence-electron chi connectivity index (χ4n) is 5.66. The van der Waals surface area contributed by atoms with Crippen molar-refractivity contribution in [2.75, 3.05) is 24.1 Å². The van der Waals surface area contributed by atoms with Gasteiger partial charge in [-0.1, -0.05) is 0 Å². The number of carbonyl (C=O) groups excluding carboxylic acids is 1. The quantitative estimate of drug-likeness (QED) is 0.103. The standard InChI is InChI=1S/C34H45N7O5S/c1-23(2)38-47-22-45-27-15-12-24(13-16-27)31-36-32(37-41(31)30-11-7-9-19-44-30)39(33(42)46-34(3,4)5)26-14-17-28-25(20-26)21-35-40(28)29-10-6-8-18-43-29/h12-17,20-21,23,29-30,38H,6-11,18-19,22H2,1-5H3. The van der Waals surface area contributed by atoms with E-state index in [1.807, 2.05) is 67.9 Å². The molecule has 2 atom stereocenters.